The summed E-state index contributed by atoms with van der Waals surface area (Å²) in [5, 5.41) is 14.5. The number of carbonyl (C=O) groups is 2. The van der Waals surface area contributed by atoms with Crippen LogP contribution < -0.4 is 15.4 Å². The van der Waals surface area contributed by atoms with Gasteiger partial charge in [0.25, 0.3) is 0 Å². The van der Waals surface area contributed by atoms with Crippen LogP contribution in [0.5, 0.6) is 5.75 Å². The van der Waals surface area contributed by atoms with E-state index in [0.717, 1.165) is 12.1 Å². The van der Waals surface area contributed by atoms with E-state index in [1.54, 1.807) is 6.92 Å². The number of halogens is 3. The van der Waals surface area contributed by atoms with Crippen molar-refractivity contribution >= 4 is 12.0 Å². The second-order valence-corrected chi connectivity index (χ2v) is 5.19. The van der Waals surface area contributed by atoms with Gasteiger partial charge in [0, 0.05) is 19.5 Å². The van der Waals surface area contributed by atoms with E-state index >= 15 is 0 Å². The number of aliphatic hydroxyl groups is 1. The minimum Gasteiger partial charge on any atom is -0.491 e. The largest absolute Gasteiger partial charge is 0.491 e. The van der Waals surface area contributed by atoms with Crippen LogP contribution in [0.4, 0.5) is 18.0 Å². The van der Waals surface area contributed by atoms with Crippen LogP contribution in [0.1, 0.15) is 18.9 Å². The van der Waals surface area contributed by atoms with Gasteiger partial charge in [0.15, 0.2) is 0 Å². The van der Waals surface area contributed by atoms with Crippen LogP contribution in [-0.4, -0.2) is 49.5 Å². The fourth-order valence-corrected chi connectivity index (χ4v) is 1.79. The summed E-state index contributed by atoms with van der Waals surface area (Å²) >= 11 is 0. The molecule has 1 rings (SSSR count). The maximum absolute atomic E-state index is 12.6. The van der Waals surface area contributed by atoms with Crippen molar-refractivity contribution in [3.8, 4) is 5.75 Å². The molecule has 0 saturated carbocycles. The summed E-state index contributed by atoms with van der Waals surface area (Å²) in [6, 6.07) is 4.27. The maximum atomic E-state index is 12.6. The van der Waals surface area contributed by atoms with Crippen molar-refractivity contribution in [2.24, 2.45) is 0 Å². The number of hydrogen-bond donors (Lipinski definition) is 3. The molecule has 0 aliphatic heterocycles. The zero-order valence-corrected chi connectivity index (χ0v) is 14.1. The lowest BCUT2D eigenvalue weighted by Gasteiger charge is -2.14. The van der Waals surface area contributed by atoms with E-state index in [-0.39, 0.29) is 38.5 Å². The van der Waals surface area contributed by atoms with Crippen molar-refractivity contribution in [2.75, 3.05) is 26.3 Å². The van der Waals surface area contributed by atoms with Crippen molar-refractivity contribution in [1.82, 2.24) is 10.6 Å². The molecule has 0 aromatic heterocycles. The van der Waals surface area contributed by atoms with Crippen molar-refractivity contribution in [1.29, 1.82) is 0 Å². The van der Waals surface area contributed by atoms with E-state index in [1.807, 2.05) is 0 Å². The van der Waals surface area contributed by atoms with Gasteiger partial charge in [-0.25, -0.2) is 4.79 Å². The minimum absolute atomic E-state index is 0.0139. The van der Waals surface area contributed by atoms with E-state index in [9.17, 15) is 27.9 Å². The van der Waals surface area contributed by atoms with Crippen molar-refractivity contribution in [2.45, 2.75) is 25.6 Å². The van der Waals surface area contributed by atoms with Crippen molar-refractivity contribution in [3.05, 3.63) is 29.8 Å². The average molecular weight is 378 g/mol. The summed E-state index contributed by atoms with van der Waals surface area (Å²) in [6.07, 6.45) is -6.23. The van der Waals surface area contributed by atoms with Crippen LogP contribution in [0.15, 0.2) is 24.3 Å². The van der Waals surface area contributed by atoms with Gasteiger partial charge in [-0.3, -0.25) is 4.79 Å². The lowest BCUT2D eigenvalue weighted by Crippen LogP contribution is -2.37. The van der Waals surface area contributed by atoms with Crippen molar-refractivity contribution in [3.63, 3.8) is 0 Å². The third kappa shape index (κ3) is 8.56. The molecule has 0 saturated heterocycles. The Morgan fingerprint density at radius 2 is 2.00 bits per heavy atom. The van der Waals surface area contributed by atoms with Gasteiger partial charge in [-0.15, -0.1) is 0 Å². The normalized spacial score (nSPS) is 12.2. The summed E-state index contributed by atoms with van der Waals surface area (Å²) in [6.45, 7) is 1.51. The van der Waals surface area contributed by atoms with Crippen LogP contribution in [0.3, 0.4) is 0 Å². The predicted octanol–water partition coefficient (Wildman–Crippen LogP) is 1.70. The van der Waals surface area contributed by atoms with E-state index in [2.05, 4.69) is 15.4 Å². The Morgan fingerprint density at radius 1 is 1.27 bits per heavy atom. The van der Waals surface area contributed by atoms with Gasteiger partial charge in [0.2, 0.25) is 5.91 Å². The fourth-order valence-electron chi connectivity index (χ4n) is 1.79. The number of rotatable bonds is 9. The van der Waals surface area contributed by atoms with Crippen LogP contribution in [0, 0.1) is 0 Å². The number of ether oxygens (including phenoxy) is 2. The van der Waals surface area contributed by atoms with E-state index in [1.165, 1.54) is 12.1 Å². The summed E-state index contributed by atoms with van der Waals surface area (Å²) < 4.78 is 47.5. The zero-order chi connectivity index (χ0) is 19.6. The molecule has 0 aliphatic rings. The van der Waals surface area contributed by atoms with Crippen molar-refractivity contribution < 1.29 is 37.3 Å². The highest BCUT2D eigenvalue weighted by molar-refractivity contribution is 5.77. The first-order valence-electron chi connectivity index (χ1n) is 7.87. The molecule has 1 unspecified atom stereocenters. The quantitative estimate of drug-likeness (QED) is 0.608. The molecule has 0 bridgehead atoms. The Balaban J connectivity index is 2.27. The zero-order valence-electron chi connectivity index (χ0n) is 14.1. The summed E-state index contributed by atoms with van der Waals surface area (Å²) in [7, 11) is 0. The molecule has 0 fully saturated rings. The molecule has 146 valence electrons. The Bertz CT molecular complexity index is 595. The topological polar surface area (TPSA) is 96.9 Å². The lowest BCUT2D eigenvalue weighted by atomic mass is 10.2. The van der Waals surface area contributed by atoms with Crippen LogP contribution in [0.25, 0.3) is 0 Å². The van der Waals surface area contributed by atoms with Crippen LogP contribution in [-0.2, 0) is 15.7 Å². The average Bonchev–Trinajstić information content (AvgIpc) is 2.58. The highest BCUT2D eigenvalue weighted by Crippen LogP contribution is 2.31. The standard InChI is InChI=1S/C16H21F3N2O5/c1-2-25-15(24)20-7-6-14(23)21-9-12(22)10-26-13-5-3-4-11(8-13)16(17,18)19/h3-5,8,12,22H,2,6-7,9-10H2,1H3,(H,20,24)(H,21,23). The first kappa shape index (κ1) is 21.6. The Labute approximate surface area is 148 Å². The van der Waals surface area contributed by atoms with Gasteiger partial charge in [-0.05, 0) is 25.1 Å². The molecule has 3 N–H and O–H groups in total. The number of carbonyl (C=O) groups excluding carboxylic acids is 2. The van der Waals surface area contributed by atoms with E-state index in [4.69, 9.17) is 4.74 Å². The molecule has 10 heteroatoms. The molecule has 1 aromatic carbocycles. The molecule has 0 radical (unpaired) electrons. The first-order valence-corrected chi connectivity index (χ1v) is 7.87. The minimum atomic E-state index is -4.48. The second-order valence-electron chi connectivity index (χ2n) is 5.19. The molecular formula is C16H21F3N2O5. The Hall–Kier alpha value is -2.49. The monoisotopic (exact) mass is 378 g/mol. The molecule has 7 nitrogen and oxygen atoms in total. The summed E-state index contributed by atoms with van der Waals surface area (Å²) in [5.41, 5.74) is -0.855. The number of benzene rings is 1. The molecule has 1 atom stereocenters. The number of nitrogens with one attached hydrogen (secondary N) is 2. The Morgan fingerprint density at radius 3 is 2.65 bits per heavy atom. The van der Waals surface area contributed by atoms with Gasteiger partial charge in [-0.1, -0.05) is 6.07 Å². The lowest BCUT2D eigenvalue weighted by molar-refractivity contribution is -0.137. The highest BCUT2D eigenvalue weighted by Gasteiger charge is 2.30. The summed E-state index contributed by atoms with van der Waals surface area (Å²) in [5.74, 6) is -0.455. The van der Waals surface area contributed by atoms with E-state index < -0.39 is 29.8 Å². The van der Waals surface area contributed by atoms with Gasteiger partial charge >= 0.3 is 12.3 Å². The molecule has 0 spiro atoms. The van der Waals surface area contributed by atoms with Crippen LogP contribution >= 0.6 is 0 Å². The maximum Gasteiger partial charge on any atom is 0.416 e. The summed E-state index contributed by atoms with van der Waals surface area (Å²) in [4.78, 5) is 22.5. The molecule has 2 amide bonds. The molecule has 1 aromatic rings. The van der Waals surface area contributed by atoms with Gasteiger partial charge < -0.3 is 25.2 Å². The number of amides is 2. The van der Waals surface area contributed by atoms with Gasteiger partial charge in [0.1, 0.15) is 18.5 Å². The van der Waals surface area contributed by atoms with E-state index in [0.29, 0.717) is 0 Å². The smallest absolute Gasteiger partial charge is 0.416 e. The molecular weight excluding hydrogens is 357 g/mol. The SMILES string of the molecule is CCOC(=O)NCCC(=O)NCC(O)COc1cccc(C(F)(F)F)c1. The first-order chi connectivity index (χ1) is 12.2. The van der Waals surface area contributed by atoms with Gasteiger partial charge in [-0.2, -0.15) is 13.2 Å². The molecule has 0 heterocycles. The molecule has 0 aliphatic carbocycles. The number of aliphatic hydroxyl groups excluding tert-OH is 1. The number of hydrogen-bond acceptors (Lipinski definition) is 5. The third-order valence-electron chi connectivity index (χ3n) is 3.04. The predicted molar refractivity (Wildman–Crippen MR) is 85.6 cm³/mol. The second kappa shape index (κ2) is 10.5. The third-order valence-corrected chi connectivity index (χ3v) is 3.04. The highest BCUT2D eigenvalue weighted by atomic mass is 19.4. The van der Waals surface area contributed by atoms with Gasteiger partial charge in [0.05, 0.1) is 12.2 Å². The van der Waals surface area contributed by atoms with Crippen LogP contribution in [0.2, 0.25) is 0 Å². The number of alkyl carbamates (subject to hydrolysis) is 1. The fraction of sp³-hybridized carbons (Fsp3) is 0.500. The Kier molecular flexibility index (Phi) is 8.70. The number of alkyl halides is 3. The molecule has 26 heavy (non-hydrogen) atoms.